The second kappa shape index (κ2) is 6.33. The summed E-state index contributed by atoms with van der Waals surface area (Å²) >= 11 is 1.05. The van der Waals surface area contributed by atoms with E-state index >= 15 is 0 Å². The average molecular weight is 360 g/mol. The zero-order valence-corrected chi connectivity index (χ0v) is 14.5. The van der Waals surface area contributed by atoms with Crippen LogP contribution in [-0.2, 0) is 0 Å². The summed E-state index contributed by atoms with van der Waals surface area (Å²) < 4.78 is 27.9. The molecule has 1 fully saturated rings. The molecule has 2 heterocycles. The Kier molecular flexibility index (Phi) is 4.15. The van der Waals surface area contributed by atoms with Crippen molar-refractivity contribution in [3.8, 4) is 10.6 Å². The molecule has 1 aliphatic heterocycles. The third-order valence-electron chi connectivity index (χ3n) is 5.20. The van der Waals surface area contributed by atoms with E-state index in [1.54, 1.807) is 0 Å². The maximum Gasteiger partial charge on any atom is 0.266 e. The quantitative estimate of drug-likeness (QED) is 0.721. The Hall–Kier alpha value is -2.08. The number of carbonyl (C=O) groups is 1. The second-order valence-corrected chi connectivity index (χ2v) is 7.68. The molecular formula is C19H18F2N2OS. The van der Waals surface area contributed by atoms with E-state index in [9.17, 15) is 13.6 Å². The minimum atomic E-state index is -0.665. The first-order valence-corrected chi connectivity index (χ1v) is 9.30. The highest BCUT2D eigenvalue weighted by atomic mass is 32.1. The van der Waals surface area contributed by atoms with E-state index in [1.807, 2.05) is 11.0 Å². The molecule has 1 amide bonds. The van der Waals surface area contributed by atoms with Crippen molar-refractivity contribution in [1.82, 2.24) is 9.88 Å². The van der Waals surface area contributed by atoms with Crippen molar-refractivity contribution >= 4 is 17.2 Å². The summed E-state index contributed by atoms with van der Waals surface area (Å²) in [6, 6.07) is 3.71. The zero-order valence-electron chi connectivity index (χ0n) is 13.7. The minimum absolute atomic E-state index is 0.0910. The van der Waals surface area contributed by atoms with Gasteiger partial charge in [-0.3, -0.25) is 4.79 Å². The number of benzene rings is 1. The predicted octanol–water partition coefficient (Wildman–Crippen LogP) is 4.80. The van der Waals surface area contributed by atoms with Crippen molar-refractivity contribution in [3.63, 3.8) is 0 Å². The molecule has 3 nitrogen and oxygen atoms in total. The molecule has 0 radical (unpaired) electrons. The molecule has 25 heavy (non-hydrogen) atoms. The van der Waals surface area contributed by atoms with Crippen LogP contribution in [-0.4, -0.2) is 27.9 Å². The van der Waals surface area contributed by atoms with Gasteiger partial charge in [-0.1, -0.05) is 31.1 Å². The Morgan fingerprint density at radius 1 is 1.16 bits per heavy atom. The van der Waals surface area contributed by atoms with Crippen LogP contribution in [0.3, 0.4) is 0 Å². The van der Waals surface area contributed by atoms with Gasteiger partial charge in [-0.2, -0.15) is 0 Å². The number of amides is 1. The molecule has 130 valence electrons. The summed E-state index contributed by atoms with van der Waals surface area (Å²) in [4.78, 5) is 19.5. The highest BCUT2D eigenvalue weighted by Gasteiger charge is 2.42. The summed E-state index contributed by atoms with van der Waals surface area (Å²) in [5, 5.41) is 0.201. The van der Waals surface area contributed by atoms with Crippen LogP contribution in [0.25, 0.3) is 10.6 Å². The Morgan fingerprint density at radius 3 is 2.60 bits per heavy atom. The van der Waals surface area contributed by atoms with Crippen molar-refractivity contribution in [2.45, 2.75) is 37.6 Å². The molecule has 0 saturated heterocycles. The third kappa shape index (κ3) is 2.78. The molecule has 6 heteroatoms. The summed E-state index contributed by atoms with van der Waals surface area (Å²) in [5.41, 5.74) is -0.264. The maximum absolute atomic E-state index is 14.0. The van der Waals surface area contributed by atoms with Gasteiger partial charge in [-0.05, 0) is 31.4 Å². The van der Waals surface area contributed by atoms with E-state index < -0.39 is 11.6 Å². The maximum atomic E-state index is 14.0. The number of aromatic nitrogens is 1. The molecule has 1 aliphatic carbocycles. The summed E-state index contributed by atoms with van der Waals surface area (Å²) in [6.07, 6.45) is 10.8. The van der Waals surface area contributed by atoms with Gasteiger partial charge in [-0.15, -0.1) is 11.3 Å². The van der Waals surface area contributed by atoms with E-state index in [1.165, 1.54) is 24.4 Å². The van der Waals surface area contributed by atoms with Gasteiger partial charge in [0.25, 0.3) is 5.91 Å². The van der Waals surface area contributed by atoms with Crippen LogP contribution < -0.4 is 0 Å². The van der Waals surface area contributed by atoms with Gasteiger partial charge in [0.15, 0.2) is 0 Å². The van der Waals surface area contributed by atoms with Crippen LogP contribution in [0, 0.1) is 11.6 Å². The monoisotopic (exact) mass is 360 g/mol. The number of nitrogens with zero attached hydrogens (tertiary/aromatic N) is 2. The van der Waals surface area contributed by atoms with E-state index in [4.69, 9.17) is 0 Å². The van der Waals surface area contributed by atoms with Crippen LogP contribution >= 0.6 is 11.3 Å². The van der Waals surface area contributed by atoms with Crippen molar-refractivity contribution in [2.24, 2.45) is 0 Å². The number of carbonyl (C=O) groups excluding carboxylic acids is 1. The van der Waals surface area contributed by atoms with Gasteiger partial charge in [0, 0.05) is 12.1 Å². The van der Waals surface area contributed by atoms with Crippen LogP contribution in [0.4, 0.5) is 8.78 Å². The van der Waals surface area contributed by atoms with Crippen LogP contribution in [0.15, 0.2) is 36.5 Å². The van der Waals surface area contributed by atoms with Gasteiger partial charge in [0.2, 0.25) is 0 Å². The first kappa shape index (κ1) is 16.4. The lowest BCUT2D eigenvalue weighted by atomic mass is 9.88. The smallest absolute Gasteiger partial charge is 0.266 e. The fraction of sp³-hybridized carbons (Fsp3) is 0.368. The first-order valence-electron chi connectivity index (χ1n) is 8.48. The van der Waals surface area contributed by atoms with Gasteiger partial charge in [-0.25, -0.2) is 13.8 Å². The third-order valence-corrected chi connectivity index (χ3v) is 6.20. The van der Waals surface area contributed by atoms with Gasteiger partial charge in [0.1, 0.15) is 21.5 Å². The fourth-order valence-corrected chi connectivity index (χ4v) is 4.83. The normalized spacial score (nSPS) is 18.9. The van der Waals surface area contributed by atoms with Crippen molar-refractivity contribution in [3.05, 3.63) is 53.1 Å². The van der Waals surface area contributed by atoms with Crippen molar-refractivity contribution in [2.75, 3.05) is 6.54 Å². The zero-order chi connectivity index (χ0) is 17.4. The number of rotatable bonds is 2. The van der Waals surface area contributed by atoms with Gasteiger partial charge < -0.3 is 4.90 Å². The summed E-state index contributed by atoms with van der Waals surface area (Å²) in [6.45, 7) is 0.583. The number of halogens is 2. The molecule has 4 rings (SSSR count). The minimum Gasteiger partial charge on any atom is -0.328 e. The highest BCUT2D eigenvalue weighted by Crippen LogP contribution is 2.41. The molecule has 0 N–H and O–H groups in total. The fourth-order valence-electron chi connectivity index (χ4n) is 3.92. The van der Waals surface area contributed by atoms with Crippen molar-refractivity contribution < 1.29 is 13.6 Å². The van der Waals surface area contributed by atoms with E-state index in [0.717, 1.165) is 43.4 Å². The first-order chi connectivity index (χ1) is 12.1. The Balaban J connectivity index is 1.66. The molecule has 0 unspecified atom stereocenters. The lowest BCUT2D eigenvalue weighted by Crippen LogP contribution is -2.51. The molecular weight excluding hydrogens is 342 g/mol. The lowest BCUT2D eigenvalue weighted by Gasteiger charge is -2.42. The highest BCUT2D eigenvalue weighted by molar-refractivity contribution is 7.16. The van der Waals surface area contributed by atoms with Crippen molar-refractivity contribution in [1.29, 1.82) is 0 Å². The number of hydrogen-bond acceptors (Lipinski definition) is 3. The second-order valence-electron chi connectivity index (χ2n) is 6.65. The lowest BCUT2D eigenvalue weighted by molar-refractivity contribution is 0.0507. The topological polar surface area (TPSA) is 33.2 Å². The summed E-state index contributed by atoms with van der Waals surface area (Å²) in [5.74, 6) is -1.42. The molecule has 1 aromatic carbocycles. The van der Waals surface area contributed by atoms with Crippen LogP contribution in [0.2, 0.25) is 0 Å². The molecule has 1 spiro atoms. The molecule has 0 bridgehead atoms. The van der Waals surface area contributed by atoms with E-state index in [2.05, 4.69) is 11.1 Å². The average Bonchev–Trinajstić information content (AvgIpc) is 3.25. The largest absolute Gasteiger partial charge is 0.328 e. The standard InChI is InChI=1S/C19H18F2N2OS/c20-13-6-5-7-14(21)16(13)17-22-12-15(25-17)18(24)23-11-4-3-10-19(23)8-1-2-9-19/h3-7,12H,1-2,8-11H2. The Bertz CT molecular complexity index is 819. The van der Waals surface area contributed by atoms with Crippen LogP contribution in [0.5, 0.6) is 0 Å². The SMILES string of the molecule is O=C(c1cnc(-c2c(F)cccc2F)s1)N1CC=CCC12CCCC2. The molecule has 0 atom stereocenters. The number of hydrogen-bond donors (Lipinski definition) is 0. The predicted molar refractivity (Wildman–Crippen MR) is 93.5 cm³/mol. The molecule has 2 aliphatic rings. The molecule has 1 saturated carbocycles. The molecule has 1 aromatic heterocycles. The van der Waals surface area contributed by atoms with E-state index in [-0.39, 0.29) is 22.0 Å². The van der Waals surface area contributed by atoms with Gasteiger partial charge >= 0.3 is 0 Å². The Morgan fingerprint density at radius 2 is 1.88 bits per heavy atom. The van der Waals surface area contributed by atoms with Gasteiger partial charge in [0.05, 0.1) is 11.8 Å². The number of thiazole rings is 1. The molecule has 2 aromatic rings. The van der Waals surface area contributed by atoms with Crippen LogP contribution in [0.1, 0.15) is 41.8 Å². The van der Waals surface area contributed by atoms with E-state index in [0.29, 0.717) is 11.4 Å². The Labute approximate surface area is 149 Å². The summed E-state index contributed by atoms with van der Waals surface area (Å²) in [7, 11) is 0.